The van der Waals surface area contributed by atoms with Crippen molar-refractivity contribution >= 4 is 27.3 Å². The molecule has 0 bridgehead atoms. The predicted octanol–water partition coefficient (Wildman–Crippen LogP) is 3.05. The highest BCUT2D eigenvalue weighted by Gasteiger charge is 2.23. The van der Waals surface area contributed by atoms with Crippen molar-refractivity contribution in [3.8, 4) is 11.1 Å². The van der Waals surface area contributed by atoms with Crippen LogP contribution in [-0.2, 0) is 16.6 Å². The Morgan fingerprint density at radius 1 is 1.09 bits per heavy atom. The van der Waals surface area contributed by atoms with E-state index in [0.717, 1.165) is 11.1 Å². The van der Waals surface area contributed by atoms with Gasteiger partial charge in [-0.25, -0.2) is 17.9 Å². The van der Waals surface area contributed by atoms with E-state index in [2.05, 4.69) is 20.5 Å². The lowest BCUT2D eigenvalue weighted by Crippen LogP contribution is -2.30. The number of sulfonamides is 1. The number of nitrogens with zero attached hydrogens (tertiary/aromatic N) is 5. The minimum absolute atomic E-state index is 0.0177. The first kappa shape index (κ1) is 21.7. The quantitative estimate of drug-likeness (QED) is 0.438. The van der Waals surface area contributed by atoms with Crippen LogP contribution in [0, 0.1) is 5.82 Å². The maximum absolute atomic E-state index is 14.1. The highest BCUT2D eigenvalue weighted by molar-refractivity contribution is 7.93. The number of hydrogen-bond donors (Lipinski definition) is 2. The molecule has 0 amide bonds. The molecule has 0 unspecified atom stereocenters. The van der Waals surface area contributed by atoms with E-state index in [1.54, 1.807) is 17.2 Å². The van der Waals surface area contributed by atoms with Gasteiger partial charge in [0, 0.05) is 24.2 Å². The van der Waals surface area contributed by atoms with E-state index < -0.39 is 15.8 Å². The van der Waals surface area contributed by atoms with Gasteiger partial charge in [-0.3, -0.25) is 9.38 Å². The summed E-state index contributed by atoms with van der Waals surface area (Å²) in [6.07, 6.45) is 8.11. The summed E-state index contributed by atoms with van der Waals surface area (Å²) in [7, 11) is -3.85. The zero-order valence-corrected chi connectivity index (χ0v) is 18.7. The summed E-state index contributed by atoms with van der Waals surface area (Å²) < 4.78 is 39.7. The normalized spacial score (nSPS) is 13.8. The van der Waals surface area contributed by atoms with Gasteiger partial charge in [-0.05, 0) is 35.9 Å². The fraction of sp³-hybridized carbons (Fsp3) is 0.0870. The number of anilines is 2. The van der Waals surface area contributed by atoms with Gasteiger partial charge in [-0.2, -0.15) is 0 Å². The van der Waals surface area contributed by atoms with Crippen molar-refractivity contribution in [2.24, 2.45) is 5.14 Å². The number of hydrogen-bond acceptors (Lipinski definition) is 7. The van der Waals surface area contributed by atoms with E-state index in [1.165, 1.54) is 24.4 Å². The third kappa shape index (κ3) is 4.14. The average molecular weight is 478 g/mol. The van der Waals surface area contributed by atoms with Crippen LogP contribution in [0.2, 0.25) is 0 Å². The molecule has 5 rings (SSSR count). The number of rotatable bonds is 6. The van der Waals surface area contributed by atoms with E-state index in [-0.39, 0.29) is 23.7 Å². The van der Waals surface area contributed by atoms with E-state index in [4.69, 9.17) is 5.14 Å². The van der Waals surface area contributed by atoms with Crippen LogP contribution in [0.5, 0.6) is 0 Å². The molecule has 0 fully saturated rings. The SMILES string of the molecule is NS(=O)(=O)C1=CC=CN(c2nnc(NCc3ncccc3F)c3c(-c4ccccc4)ccn23)C1. The summed E-state index contributed by atoms with van der Waals surface area (Å²) in [6, 6.07) is 14.5. The molecular weight excluding hydrogens is 457 g/mol. The molecule has 0 saturated heterocycles. The van der Waals surface area contributed by atoms with Crippen LogP contribution in [0.4, 0.5) is 16.2 Å². The van der Waals surface area contributed by atoms with Gasteiger partial charge in [0.25, 0.3) is 0 Å². The number of fused-ring (bicyclic) bond motifs is 1. The lowest BCUT2D eigenvalue weighted by molar-refractivity contribution is 0.601. The molecule has 4 heterocycles. The second kappa shape index (κ2) is 8.69. The number of nitrogens with one attached hydrogen (secondary N) is 1. The van der Waals surface area contributed by atoms with Crippen molar-refractivity contribution in [2.45, 2.75) is 6.54 Å². The zero-order valence-electron chi connectivity index (χ0n) is 17.8. The smallest absolute Gasteiger partial charge is 0.235 e. The molecule has 0 saturated carbocycles. The summed E-state index contributed by atoms with van der Waals surface area (Å²) in [5, 5.41) is 17.2. The van der Waals surface area contributed by atoms with Gasteiger partial charge in [0.15, 0.2) is 5.82 Å². The molecule has 0 atom stereocenters. The predicted molar refractivity (Wildman–Crippen MR) is 128 cm³/mol. The zero-order chi connectivity index (χ0) is 23.7. The molecular formula is C23H20FN7O2S. The number of halogens is 1. The maximum Gasteiger partial charge on any atom is 0.235 e. The molecule has 34 heavy (non-hydrogen) atoms. The van der Waals surface area contributed by atoms with Crippen LogP contribution in [0.1, 0.15) is 5.69 Å². The number of benzene rings is 1. The van der Waals surface area contributed by atoms with E-state index in [0.29, 0.717) is 17.3 Å². The molecule has 0 aliphatic carbocycles. The Hall–Kier alpha value is -4.09. The topological polar surface area (TPSA) is 119 Å². The van der Waals surface area contributed by atoms with Gasteiger partial charge >= 0.3 is 0 Å². The number of nitrogens with two attached hydrogens (primary N) is 1. The molecule has 1 aliphatic heterocycles. The standard InChI is InChI=1S/C23H20FN7O2S/c24-19-9-4-11-26-20(19)14-27-22-21-18(16-6-2-1-3-7-16)10-13-31(21)23(29-28-22)30-12-5-8-17(15-30)34(25,32)33/h1-13H,14-15H2,(H,27,28)(H2,25,32,33). The number of allylic oxidation sites excluding steroid dienone is 2. The van der Waals surface area contributed by atoms with E-state index in [1.807, 2.05) is 47.0 Å². The second-order valence-corrected chi connectivity index (χ2v) is 9.21. The second-order valence-electron chi connectivity index (χ2n) is 7.60. The van der Waals surface area contributed by atoms with Gasteiger partial charge in [-0.1, -0.05) is 30.3 Å². The highest BCUT2D eigenvalue weighted by atomic mass is 32.2. The summed E-state index contributed by atoms with van der Waals surface area (Å²) in [5.41, 5.74) is 2.79. The number of aromatic nitrogens is 4. The lowest BCUT2D eigenvalue weighted by atomic mass is 10.1. The van der Waals surface area contributed by atoms with Crippen LogP contribution in [-0.4, -0.2) is 34.5 Å². The van der Waals surface area contributed by atoms with Crippen LogP contribution >= 0.6 is 0 Å². The molecule has 1 aromatic carbocycles. The Morgan fingerprint density at radius 2 is 1.91 bits per heavy atom. The first-order chi connectivity index (χ1) is 16.4. The summed E-state index contributed by atoms with van der Waals surface area (Å²) in [6.45, 7) is 0.127. The Kier molecular flexibility index (Phi) is 5.56. The molecule has 3 N–H and O–H groups in total. The summed E-state index contributed by atoms with van der Waals surface area (Å²) in [5.74, 6) is 0.410. The first-order valence-corrected chi connectivity index (χ1v) is 11.9. The van der Waals surface area contributed by atoms with E-state index >= 15 is 0 Å². The lowest BCUT2D eigenvalue weighted by Gasteiger charge is -2.23. The van der Waals surface area contributed by atoms with Crippen molar-refractivity contribution in [3.05, 3.63) is 95.7 Å². The molecule has 4 aromatic rings. The summed E-state index contributed by atoms with van der Waals surface area (Å²) >= 11 is 0. The third-order valence-corrected chi connectivity index (χ3v) is 6.40. The summed E-state index contributed by atoms with van der Waals surface area (Å²) in [4.78, 5) is 5.79. The maximum atomic E-state index is 14.1. The first-order valence-electron chi connectivity index (χ1n) is 10.3. The Labute approximate surface area is 195 Å². The molecule has 3 aromatic heterocycles. The van der Waals surface area contributed by atoms with Gasteiger partial charge in [0.2, 0.25) is 16.0 Å². The van der Waals surface area contributed by atoms with Crippen LogP contribution in [0.3, 0.4) is 0 Å². The van der Waals surface area contributed by atoms with Crippen molar-refractivity contribution in [1.82, 2.24) is 19.6 Å². The van der Waals surface area contributed by atoms with Gasteiger partial charge in [-0.15, -0.1) is 10.2 Å². The van der Waals surface area contributed by atoms with Crippen LogP contribution in [0.15, 0.2) is 84.2 Å². The Morgan fingerprint density at radius 3 is 2.68 bits per heavy atom. The largest absolute Gasteiger partial charge is 0.361 e. The third-order valence-electron chi connectivity index (χ3n) is 5.40. The minimum atomic E-state index is -3.85. The average Bonchev–Trinajstić information content (AvgIpc) is 3.29. The Balaban J connectivity index is 1.59. The monoisotopic (exact) mass is 477 g/mol. The van der Waals surface area contributed by atoms with Gasteiger partial charge in [0.1, 0.15) is 11.3 Å². The number of primary sulfonamides is 1. The fourth-order valence-corrected chi connectivity index (χ4v) is 4.35. The molecule has 172 valence electrons. The van der Waals surface area contributed by atoms with Gasteiger partial charge in [0.05, 0.1) is 23.7 Å². The minimum Gasteiger partial charge on any atom is -0.361 e. The van der Waals surface area contributed by atoms with Gasteiger partial charge < -0.3 is 10.2 Å². The van der Waals surface area contributed by atoms with Crippen molar-refractivity contribution in [2.75, 3.05) is 16.8 Å². The van der Waals surface area contributed by atoms with Crippen molar-refractivity contribution in [1.29, 1.82) is 0 Å². The molecule has 0 radical (unpaired) electrons. The molecule has 11 heteroatoms. The van der Waals surface area contributed by atoms with Crippen molar-refractivity contribution in [3.63, 3.8) is 0 Å². The van der Waals surface area contributed by atoms with Crippen molar-refractivity contribution < 1.29 is 12.8 Å². The highest BCUT2D eigenvalue weighted by Crippen LogP contribution is 2.33. The van der Waals surface area contributed by atoms with E-state index in [9.17, 15) is 12.8 Å². The Bertz CT molecular complexity index is 1530. The van der Waals surface area contributed by atoms with Crippen LogP contribution < -0.4 is 15.4 Å². The molecule has 9 nitrogen and oxygen atoms in total. The molecule has 1 aliphatic rings. The molecule has 0 spiro atoms. The van der Waals surface area contributed by atoms with Crippen LogP contribution in [0.25, 0.3) is 16.6 Å². The fourth-order valence-electron chi connectivity index (χ4n) is 3.76. The number of pyridine rings is 1.